The van der Waals surface area contributed by atoms with Gasteiger partial charge in [0.05, 0.1) is 0 Å². The van der Waals surface area contributed by atoms with E-state index in [-0.39, 0.29) is 17.2 Å². The molecule has 0 aliphatic heterocycles. The van der Waals surface area contributed by atoms with Crippen molar-refractivity contribution in [2.45, 2.75) is 39.7 Å². The number of carbonyl (C=O) groups is 2. The van der Waals surface area contributed by atoms with Crippen LogP contribution in [-0.2, 0) is 9.59 Å². The van der Waals surface area contributed by atoms with Crippen LogP contribution in [0, 0.1) is 11.3 Å². The Bertz CT molecular complexity index is 320. The van der Waals surface area contributed by atoms with Gasteiger partial charge in [-0.05, 0) is 25.2 Å². The van der Waals surface area contributed by atoms with Crippen LogP contribution in [0.1, 0.15) is 33.6 Å². The molecule has 0 heterocycles. The van der Waals surface area contributed by atoms with Crippen molar-refractivity contribution in [3.63, 3.8) is 0 Å². The monoisotopic (exact) mass is 225 g/mol. The van der Waals surface area contributed by atoms with E-state index in [0.29, 0.717) is 6.42 Å². The van der Waals surface area contributed by atoms with E-state index in [1.54, 1.807) is 12.2 Å². The Morgan fingerprint density at radius 3 is 2.50 bits per heavy atom. The number of carboxylic acids is 1. The van der Waals surface area contributed by atoms with Gasteiger partial charge in [-0.3, -0.25) is 4.79 Å². The van der Waals surface area contributed by atoms with Crippen molar-refractivity contribution in [2.24, 2.45) is 11.3 Å². The summed E-state index contributed by atoms with van der Waals surface area (Å²) in [6, 6.07) is -0.805. The molecule has 4 nitrogen and oxygen atoms in total. The van der Waals surface area contributed by atoms with E-state index in [1.165, 1.54) is 0 Å². The molecule has 90 valence electrons. The highest BCUT2D eigenvalue weighted by atomic mass is 16.4. The molecule has 1 amide bonds. The zero-order valence-electron chi connectivity index (χ0n) is 9.99. The Labute approximate surface area is 95.7 Å². The fourth-order valence-electron chi connectivity index (χ4n) is 1.68. The van der Waals surface area contributed by atoms with Gasteiger partial charge in [0.2, 0.25) is 5.91 Å². The minimum atomic E-state index is -0.982. The summed E-state index contributed by atoms with van der Waals surface area (Å²) in [5.74, 6) is -1.15. The molecule has 0 aromatic rings. The van der Waals surface area contributed by atoms with Gasteiger partial charge in [-0.2, -0.15) is 0 Å². The minimum absolute atomic E-state index is 0.0278. The highest BCUT2D eigenvalue weighted by molar-refractivity contribution is 5.87. The van der Waals surface area contributed by atoms with Crippen molar-refractivity contribution >= 4 is 11.9 Å². The predicted octanol–water partition coefficient (Wildman–Crippen LogP) is 1.57. The molecule has 16 heavy (non-hydrogen) atoms. The molecule has 0 aromatic heterocycles. The number of carboxylic acid groups (broad SMARTS) is 1. The van der Waals surface area contributed by atoms with E-state index in [0.717, 1.165) is 6.42 Å². The predicted molar refractivity (Wildman–Crippen MR) is 60.9 cm³/mol. The van der Waals surface area contributed by atoms with E-state index in [9.17, 15) is 9.59 Å². The lowest BCUT2D eigenvalue weighted by atomic mass is 10.1. The van der Waals surface area contributed by atoms with Crippen LogP contribution in [0.25, 0.3) is 0 Å². The van der Waals surface area contributed by atoms with Gasteiger partial charge >= 0.3 is 5.97 Å². The third-order valence-corrected chi connectivity index (χ3v) is 3.05. The fourth-order valence-corrected chi connectivity index (χ4v) is 1.68. The van der Waals surface area contributed by atoms with Gasteiger partial charge in [0.1, 0.15) is 6.04 Å². The highest BCUT2D eigenvalue weighted by Crippen LogP contribution is 2.51. The van der Waals surface area contributed by atoms with Gasteiger partial charge in [0, 0.05) is 5.92 Å². The molecule has 2 N–H and O–H groups in total. The summed E-state index contributed by atoms with van der Waals surface area (Å²) in [7, 11) is 0. The lowest BCUT2D eigenvalue weighted by molar-refractivity contribution is -0.142. The van der Waals surface area contributed by atoms with Gasteiger partial charge in [-0.1, -0.05) is 26.0 Å². The SMILES string of the molecule is C/C=C/CC(NC(=O)[C@H]1CC1(C)C)C(=O)O. The molecule has 4 heteroatoms. The maximum atomic E-state index is 11.7. The summed E-state index contributed by atoms with van der Waals surface area (Å²) in [6.45, 7) is 5.85. The standard InChI is InChI=1S/C12H19NO3/c1-4-5-6-9(11(15)16)13-10(14)8-7-12(8,2)3/h4-5,8-9H,6-7H2,1-3H3,(H,13,14)(H,15,16)/b5-4+/t8-,9?/m1/s1. The molecule has 1 aliphatic carbocycles. The van der Waals surface area contributed by atoms with Crippen LogP contribution in [0.3, 0.4) is 0 Å². The number of carbonyl (C=O) groups excluding carboxylic acids is 1. The fraction of sp³-hybridized carbons (Fsp3) is 0.667. The summed E-state index contributed by atoms with van der Waals surface area (Å²) in [6.07, 6.45) is 4.71. The summed E-state index contributed by atoms with van der Waals surface area (Å²) in [4.78, 5) is 22.6. The van der Waals surface area contributed by atoms with Crippen LogP contribution in [0.4, 0.5) is 0 Å². The first-order valence-corrected chi connectivity index (χ1v) is 5.53. The maximum absolute atomic E-state index is 11.7. The first kappa shape index (κ1) is 12.7. The first-order valence-electron chi connectivity index (χ1n) is 5.53. The van der Waals surface area contributed by atoms with Crippen LogP contribution in [0.5, 0.6) is 0 Å². The Morgan fingerprint density at radius 2 is 2.12 bits per heavy atom. The number of hydrogen-bond acceptors (Lipinski definition) is 2. The van der Waals surface area contributed by atoms with Crippen LogP contribution in [-0.4, -0.2) is 23.0 Å². The maximum Gasteiger partial charge on any atom is 0.326 e. The molecule has 0 aromatic carbocycles. The minimum Gasteiger partial charge on any atom is -0.480 e. The summed E-state index contributed by atoms with van der Waals surface area (Å²) in [5, 5.41) is 11.5. The van der Waals surface area contributed by atoms with E-state index >= 15 is 0 Å². The molecule has 0 radical (unpaired) electrons. The highest BCUT2D eigenvalue weighted by Gasteiger charge is 2.51. The van der Waals surface area contributed by atoms with Gasteiger partial charge in [0.15, 0.2) is 0 Å². The van der Waals surface area contributed by atoms with Crippen LogP contribution in [0.15, 0.2) is 12.2 Å². The van der Waals surface area contributed by atoms with Crippen molar-refractivity contribution in [3.05, 3.63) is 12.2 Å². The number of allylic oxidation sites excluding steroid dienone is 1. The quantitative estimate of drug-likeness (QED) is 0.698. The first-order chi connectivity index (χ1) is 7.38. The van der Waals surface area contributed by atoms with Crippen molar-refractivity contribution in [1.82, 2.24) is 5.32 Å². The Balaban J connectivity index is 2.49. The smallest absolute Gasteiger partial charge is 0.326 e. The Hall–Kier alpha value is -1.32. The van der Waals surface area contributed by atoms with Crippen molar-refractivity contribution in [1.29, 1.82) is 0 Å². The number of nitrogens with one attached hydrogen (secondary N) is 1. The third-order valence-electron chi connectivity index (χ3n) is 3.05. The van der Waals surface area contributed by atoms with Gasteiger partial charge < -0.3 is 10.4 Å². The van der Waals surface area contributed by atoms with Crippen LogP contribution >= 0.6 is 0 Å². The lowest BCUT2D eigenvalue weighted by Crippen LogP contribution is -2.41. The van der Waals surface area contributed by atoms with Crippen LogP contribution in [0.2, 0.25) is 0 Å². The second-order valence-electron chi connectivity index (χ2n) is 4.95. The summed E-state index contributed by atoms with van der Waals surface area (Å²) < 4.78 is 0. The molecule has 1 aliphatic rings. The van der Waals surface area contributed by atoms with Gasteiger partial charge in [-0.15, -0.1) is 0 Å². The molecular weight excluding hydrogens is 206 g/mol. The van der Waals surface area contributed by atoms with E-state index in [1.807, 2.05) is 20.8 Å². The zero-order valence-corrected chi connectivity index (χ0v) is 9.99. The lowest BCUT2D eigenvalue weighted by Gasteiger charge is -2.13. The molecule has 2 atom stereocenters. The molecular formula is C12H19NO3. The molecule has 1 fully saturated rings. The molecule has 0 saturated heterocycles. The molecule has 0 spiro atoms. The van der Waals surface area contributed by atoms with E-state index < -0.39 is 12.0 Å². The summed E-state index contributed by atoms with van der Waals surface area (Å²) in [5.41, 5.74) is 0.0354. The topological polar surface area (TPSA) is 66.4 Å². The zero-order chi connectivity index (χ0) is 12.3. The Morgan fingerprint density at radius 1 is 1.56 bits per heavy atom. The van der Waals surface area contributed by atoms with Crippen molar-refractivity contribution < 1.29 is 14.7 Å². The third kappa shape index (κ3) is 3.08. The Kier molecular flexibility index (Phi) is 3.73. The average Bonchev–Trinajstić information content (AvgIpc) is 2.81. The second-order valence-corrected chi connectivity index (χ2v) is 4.95. The van der Waals surface area contributed by atoms with Crippen LogP contribution < -0.4 is 5.32 Å². The van der Waals surface area contributed by atoms with Gasteiger partial charge in [-0.25, -0.2) is 4.79 Å². The average molecular weight is 225 g/mol. The summed E-state index contributed by atoms with van der Waals surface area (Å²) >= 11 is 0. The largest absolute Gasteiger partial charge is 0.480 e. The molecule has 0 bridgehead atoms. The molecule has 1 unspecified atom stereocenters. The number of hydrogen-bond donors (Lipinski definition) is 2. The molecule has 1 rings (SSSR count). The van der Waals surface area contributed by atoms with Gasteiger partial charge in [0.25, 0.3) is 0 Å². The van der Waals surface area contributed by atoms with E-state index in [4.69, 9.17) is 5.11 Å². The number of amides is 1. The normalized spacial score (nSPS) is 24.1. The van der Waals surface area contributed by atoms with Crippen molar-refractivity contribution in [2.75, 3.05) is 0 Å². The molecule has 1 saturated carbocycles. The van der Waals surface area contributed by atoms with E-state index in [2.05, 4.69) is 5.32 Å². The van der Waals surface area contributed by atoms with Crippen molar-refractivity contribution in [3.8, 4) is 0 Å². The second kappa shape index (κ2) is 4.68. The number of rotatable bonds is 5. The number of aliphatic carboxylic acids is 1.